The Balaban J connectivity index is 1.35. The van der Waals surface area contributed by atoms with Crippen molar-refractivity contribution in [3.05, 3.63) is 30.1 Å². The van der Waals surface area contributed by atoms with Crippen molar-refractivity contribution in [3.8, 4) is 0 Å². The van der Waals surface area contributed by atoms with Gasteiger partial charge in [0.2, 0.25) is 11.8 Å². The van der Waals surface area contributed by atoms with Crippen molar-refractivity contribution in [2.24, 2.45) is 5.92 Å². The van der Waals surface area contributed by atoms with Gasteiger partial charge in [0.05, 0.1) is 23.1 Å². The van der Waals surface area contributed by atoms with Gasteiger partial charge in [0.15, 0.2) is 9.84 Å². The normalized spacial score (nSPS) is 27.5. The molecule has 0 radical (unpaired) electrons. The van der Waals surface area contributed by atoms with Crippen molar-refractivity contribution >= 4 is 27.3 Å². The number of benzene rings is 1. The van der Waals surface area contributed by atoms with Crippen molar-refractivity contribution < 1.29 is 22.4 Å². The van der Waals surface area contributed by atoms with E-state index in [1.807, 2.05) is 4.90 Å². The van der Waals surface area contributed by atoms with Gasteiger partial charge < -0.3 is 14.7 Å². The lowest BCUT2D eigenvalue weighted by Crippen LogP contribution is -2.51. The second kappa shape index (κ2) is 7.35. The van der Waals surface area contributed by atoms with E-state index in [0.29, 0.717) is 44.8 Å². The molecule has 3 aliphatic rings. The molecule has 0 saturated carbocycles. The molecule has 0 aromatic heterocycles. The number of halogens is 1. The van der Waals surface area contributed by atoms with E-state index in [4.69, 9.17) is 0 Å². The first-order valence-corrected chi connectivity index (χ1v) is 11.4. The molecule has 3 heterocycles. The summed E-state index contributed by atoms with van der Waals surface area (Å²) in [6, 6.07) is 6.30. The van der Waals surface area contributed by atoms with Crippen LogP contribution in [0.5, 0.6) is 0 Å². The zero-order valence-corrected chi connectivity index (χ0v) is 16.4. The number of amides is 2. The molecule has 3 saturated heterocycles. The first-order chi connectivity index (χ1) is 13.3. The first kappa shape index (κ1) is 19.2. The summed E-state index contributed by atoms with van der Waals surface area (Å²) in [5.74, 6) is -0.782. The number of sulfone groups is 1. The topological polar surface area (TPSA) is 78.0 Å². The summed E-state index contributed by atoms with van der Waals surface area (Å²) in [4.78, 5) is 30.5. The fourth-order valence-corrected chi connectivity index (χ4v) is 6.14. The Bertz CT molecular complexity index is 883. The zero-order chi connectivity index (χ0) is 19.9. The van der Waals surface area contributed by atoms with Crippen LogP contribution in [0.4, 0.5) is 10.1 Å². The van der Waals surface area contributed by atoms with E-state index < -0.39 is 15.8 Å². The van der Waals surface area contributed by atoms with Crippen molar-refractivity contribution in [1.29, 1.82) is 0 Å². The first-order valence-electron chi connectivity index (χ1n) is 9.62. The highest BCUT2D eigenvalue weighted by molar-refractivity contribution is 7.91. The fraction of sp³-hybridized carbons (Fsp3) is 0.579. The van der Waals surface area contributed by atoms with Crippen molar-refractivity contribution in [2.75, 3.05) is 49.1 Å². The molecule has 0 N–H and O–H groups in total. The molecule has 4 rings (SSSR count). The number of rotatable bonds is 3. The van der Waals surface area contributed by atoms with Crippen LogP contribution >= 0.6 is 0 Å². The number of carbonyl (C=O) groups is 2. The highest BCUT2D eigenvalue weighted by Gasteiger charge is 2.43. The van der Waals surface area contributed by atoms with Crippen LogP contribution in [0, 0.1) is 11.7 Å². The van der Waals surface area contributed by atoms with Gasteiger partial charge in [-0.2, -0.15) is 0 Å². The minimum atomic E-state index is -3.08. The smallest absolute Gasteiger partial charge is 0.228 e. The van der Waals surface area contributed by atoms with Crippen LogP contribution in [-0.2, 0) is 19.4 Å². The molecular formula is C19H24FN3O4S. The highest BCUT2D eigenvalue weighted by Crippen LogP contribution is 2.28. The van der Waals surface area contributed by atoms with E-state index in [1.54, 1.807) is 28.0 Å². The predicted molar refractivity (Wildman–Crippen MR) is 102 cm³/mol. The molecule has 9 heteroatoms. The molecule has 1 aromatic carbocycles. The van der Waals surface area contributed by atoms with E-state index in [0.717, 1.165) is 0 Å². The number of likely N-dealkylation sites (tertiary alicyclic amines) is 1. The SMILES string of the molecule is O=C(C1CC(=O)N(C2CCS(=O)(=O)C2)C1)N1CCN(c2ccccc2F)CC1. The average molecular weight is 409 g/mol. The molecule has 7 nitrogen and oxygen atoms in total. The summed E-state index contributed by atoms with van der Waals surface area (Å²) >= 11 is 0. The Morgan fingerprint density at radius 3 is 2.46 bits per heavy atom. The number of hydrogen-bond donors (Lipinski definition) is 0. The van der Waals surface area contributed by atoms with Gasteiger partial charge in [-0.3, -0.25) is 9.59 Å². The maximum absolute atomic E-state index is 14.0. The van der Waals surface area contributed by atoms with Gasteiger partial charge in [-0.25, -0.2) is 12.8 Å². The summed E-state index contributed by atoms with van der Waals surface area (Å²) in [5.41, 5.74) is 0.541. The van der Waals surface area contributed by atoms with E-state index in [1.165, 1.54) is 6.07 Å². The molecule has 2 atom stereocenters. The zero-order valence-electron chi connectivity index (χ0n) is 15.6. The quantitative estimate of drug-likeness (QED) is 0.727. The Hall–Kier alpha value is -2.16. The summed E-state index contributed by atoms with van der Waals surface area (Å²) in [6.07, 6.45) is 0.596. The molecule has 2 amide bonds. The minimum Gasteiger partial charge on any atom is -0.366 e. The molecule has 152 valence electrons. The third-order valence-electron chi connectivity index (χ3n) is 5.94. The third kappa shape index (κ3) is 3.72. The van der Waals surface area contributed by atoms with E-state index in [2.05, 4.69) is 0 Å². The van der Waals surface area contributed by atoms with Crippen molar-refractivity contribution in [1.82, 2.24) is 9.80 Å². The minimum absolute atomic E-state index is 0.000957. The Morgan fingerprint density at radius 2 is 1.82 bits per heavy atom. The predicted octanol–water partition coefficient (Wildman–Crippen LogP) is 0.510. The largest absolute Gasteiger partial charge is 0.366 e. The van der Waals surface area contributed by atoms with Crippen molar-refractivity contribution in [2.45, 2.75) is 18.9 Å². The van der Waals surface area contributed by atoms with Crippen LogP contribution in [0.2, 0.25) is 0 Å². The maximum atomic E-state index is 14.0. The number of nitrogens with zero attached hydrogens (tertiary/aromatic N) is 3. The van der Waals surface area contributed by atoms with E-state index in [9.17, 15) is 22.4 Å². The molecule has 3 fully saturated rings. The van der Waals surface area contributed by atoms with Crippen LogP contribution in [0.15, 0.2) is 24.3 Å². The second-order valence-corrected chi connectivity index (χ2v) is 10.00. The van der Waals surface area contributed by atoms with E-state index in [-0.39, 0.29) is 41.6 Å². The van der Waals surface area contributed by atoms with Crippen LogP contribution in [-0.4, -0.2) is 80.3 Å². The summed E-state index contributed by atoms with van der Waals surface area (Å²) in [5, 5.41) is 0. The number of para-hydroxylation sites is 1. The summed E-state index contributed by atoms with van der Waals surface area (Å²) in [6.45, 7) is 2.34. The van der Waals surface area contributed by atoms with Gasteiger partial charge >= 0.3 is 0 Å². The standard InChI is InChI=1S/C19H24FN3O4S/c20-16-3-1-2-4-17(16)21-6-8-22(9-7-21)19(25)14-11-18(24)23(12-14)15-5-10-28(26,27)13-15/h1-4,14-15H,5-13H2. The molecule has 28 heavy (non-hydrogen) atoms. The molecule has 0 aliphatic carbocycles. The van der Waals surface area contributed by atoms with Gasteiger partial charge in [0, 0.05) is 45.2 Å². The number of hydrogen-bond acceptors (Lipinski definition) is 5. The fourth-order valence-electron chi connectivity index (χ4n) is 4.41. The van der Waals surface area contributed by atoms with E-state index >= 15 is 0 Å². The van der Waals surface area contributed by atoms with Gasteiger partial charge in [0.1, 0.15) is 5.82 Å². The lowest BCUT2D eigenvalue weighted by atomic mass is 10.1. The summed E-state index contributed by atoms with van der Waals surface area (Å²) in [7, 11) is -3.08. The molecule has 3 aliphatic heterocycles. The third-order valence-corrected chi connectivity index (χ3v) is 7.69. The highest BCUT2D eigenvalue weighted by atomic mass is 32.2. The molecule has 0 spiro atoms. The molecule has 2 unspecified atom stereocenters. The van der Waals surface area contributed by atoms with Crippen molar-refractivity contribution in [3.63, 3.8) is 0 Å². The molecular weight excluding hydrogens is 385 g/mol. The van der Waals surface area contributed by atoms with Gasteiger partial charge in [-0.1, -0.05) is 12.1 Å². The number of anilines is 1. The summed E-state index contributed by atoms with van der Waals surface area (Å²) < 4.78 is 37.3. The Kier molecular flexibility index (Phi) is 5.03. The van der Waals surface area contributed by atoms with Crippen LogP contribution in [0.1, 0.15) is 12.8 Å². The van der Waals surface area contributed by atoms with Gasteiger partial charge in [-0.05, 0) is 18.6 Å². The van der Waals surface area contributed by atoms with Crippen LogP contribution in [0.25, 0.3) is 0 Å². The second-order valence-electron chi connectivity index (χ2n) is 7.77. The Labute approximate surface area is 164 Å². The lowest BCUT2D eigenvalue weighted by molar-refractivity contribution is -0.136. The average Bonchev–Trinajstić information content (AvgIpc) is 3.23. The number of carbonyl (C=O) groups excluding carboxylic acids is 2. The maximum Gasteiger partial charge on any atom is 0.228 e. The Morgan fingerprint density at radius 1 is 1.11 bits per heavy atom. The lowest BCUT2D eigenvalue weighted by Gasteiger charge is -2.37. The van der Waals surface area contributed by atoms with Crippen LogP contribution < -0.4 is 4.90 Å². The molecule has 1 aromatic rings. The van der Waals surface area contributed by atoms with Gasteiger partial charge in [-0.15, -0.1) is 0 Å². The van der Waals surface area contributed by atoms with Crippen LogP contribution in [0.3, 0.4) is 0 Å². The monoisotopic (exact) mass is 409 g/mol. The molecule has 0 bridgehead atoms. The number of piperazine rings is 1. The van der Waals surface area contributed by atoms with Gasteiger partial charge in [0.25, 0.3) is 0 Å².